The number of aliphatic hydroxyl groups excluding tert-OH is 1. The second-order valence-electron chi connectivity index (χ2n) is 1.41. The van der Waals surface area contributed by atoms with Crippen molar-refractivity contribution in [2.75, 3.05) is 26.4 Å². The van der Waals surface area contributed by atoms with E-state index in [0.717, 1.165) is 0 Å². The number of ether oxygens (including phenoxy) is 1. The van der Waals surface area contributed by atoms with Crippen molar-refractivity contribution in [1.29, 1.82) is 0 Å². The maximum atomic E-state index is 9.62. The summed E-state index contributed by atoms with van der Waals surface area (Å²) in [5.41, 5.74) is 0. The Morgan fingerprint density at radius 3 is 2.55 bits per heavy atom. The van der Waals surface area contributed by atoms with Gasteiger partial charge in [0.2, 0.25) is 6.41 Å². The SMILES string of the molecule is CC.O=CNCCOCCO. The number of carbonyl (C=O) groups excluding carboxylic acids is 1. The molecule has 0 atom stereocenters. The highest BCUT2D eigenvalue weighted by Crippen LogP contribution is 1.68. The average Bonchev–Trinajstić information content (AvgIpc) is 2.08. The smallest absolute Gasteiger partial charge is 0.207 e. The largest absolute Gasteiger partial charge is 0.394 e. The summed E-state index contributed by atoms with van der Waals surface area (Å²) in [5, 5.41) is 10.6. The molecule has 0 unspecified atom stereocenters. The van der Waals surface area contributed by atoms with E-state index in [0.29, 0.717) is 26.2 Å². The van der Waals surface area contributed by atoms with Crippen LogP contribution in [0, 0.1) is 0 Å². The highest BCUT2D eigenvalue weighted by atomic mass is 16.5. The van der Waals surface area contributed by atoms with Gasteiger partial charge in [0.1, 0.15) is 0 Å². The zero-order chi connectivity index (χ0) is 8.95. The minimum absolute atomic E-state index is 0.0289. The number of amides is 1. The molecular weight excluding hydrogens is 146 g/mol. The second kappa shape index (κ2) is 16.2. The van der Waals surface area contributed by atoms with E-state index >= 15 is 0 Å². The third-order valence-corrected chi connectivity index (χ3v) is 0.710. The molecule has 0 fully saturated rings. The summed E-state index contributed by atoms with van der Waals surface area (Å²) in [4.78, 5) is 9.62. The Morgan fingerprint density at radius 2 is 2.09 bits per heavy atom. The summed E-state index contributed by atoms with van der Waals surface area (Å²) >= 11 is 0. The Bertz CT molecular complexity index is 68.7. The highest BCUT2D eigenvalue weighted by molar-refractivity contribution is 5.45. The number of hydrogen-bond acceptors (Lipinski definition) is 3. The maximum absolute atomic E-state index is 9.62. The normalized spacial score (nSPS) is 7.91. The second-order valence-corrected chi connectivity index (χ2v) is 1.41. The summed E-state index contributed by atoms with van der Waals surface area (Å²) in [6.45, 7) is 5.32. The molecule has 4 heteroatoms. The zero-order valence-corrected chi connectivity index (χ0v) is 7.17. The van der Waals surface area contributed by atoms with Crippen LogP contribution in [0.1, 0.15) is 13.8 Å². The van der Waals surface area contributed by atoms with Gasteiger partial charge < -0.3 is 15.2 Å². The van der Waals surface area contributed by atoms with Gasteiger partial charge in [0.15, 0.2) is 0 Å². The summed E-state index contributed by atoms with van der Waals surface area (Å²) in [6.07, 6.45) is 0.613. The highest BCUT2D eigenvalue weighted by Gasteiger charge is 1.83. The number of nitrogens with one attached hydrogen (secondary N) is 1. The van der Waals surface area contributed by atoms with Crippen molar-refractivity contribution in [3.8, 4) is 0 Å². The zero-order valence-electron chi connectivity index (χ0n) is 7.17. The van der Waals surface area contributed by atoms with Gasteiger partial charge in [0.05, 0.1) is 19.8 Å². The van der Waals surface area contributed by atoms with Crippen molar-refractivity contribution in [1.82, 2.24) is 5.32 Å². The predicted molar refractivity (Wildman–Crippen MR) is 43.3 cm³/mol. The lowest BCUT2D eigenvalue weighted by Crippen LogP contribution is -2.18. The molecule has 0 aliphatic rings. The maximum Gasteiger partial charge on any atom is 0.207 e. The summed E-state index contributed by atoms with van der Waals surface area (Å²) in [5.74, 6) is 0. The van der Waals surface area contributed by atoms with E-state index in [-0.39, 0.29) is 6.61 Å². The van der Waals surface area contributed by atoms with Gasteiger partial charge in [-0.05, 0) is 0 Å². The van der Waals surface area contributed by atoms with Gasteiger partial charge in [-0.2, -0.15) is 0 Å². The van der Waals surface area contributed by atoms with Gasteiger partial charge in [-0.3, -0.25) is 4.79 Å². The van der Waals surface area contributed by atoms with Crippen LogP contribution in [0.5, 0.6) is 0 Å². The third kappa shape index (κ3) is 17.7. The van der Waals surface area contributed by atoms with Crippen LogP contribution in [0.3, 0.4) is 0 Å². The standard InChI is InChI=1S/C5H11NO3.C2H6/c7-2-4-9-3-1-6-5-8;1-2/h5,7H,1-4H2,(H,6,8);1-2H3. The molecule has 2 N–H and O–H groups in total. The Labute approximate surface area is 67.6 Å². The van der Waals surface area contributed by atoms with Gasteiger partial charge >= 0.3 is 0 Å². The van der Waals surface area contributed by atoms with E-state index in [2.05, 4.69) is 5.32 Å². The number of hydrogen-bond donors (Lipinski definition) is 2. The predicted octanol–water partition coefficient (Wildman–Crippen LogP) is -0.233. The fraction of sp³-hybridized carbons (Fsp3) is 0.857. The van der Waals surface area contributed by atoms with Gasteiger partial charge in [0.25, 0.3) is 0 Å². The number of rotatable bonds is 6. The van der Waals surface area contributed by atoms with E-state index in [1.807, 2.05) is 13.8 Å². The van der Waals surface area contributed by atoms with Crippen molar-refractivity contribution in [2.24, 2.45) is 0 Å². The topological polar surface area (TPSA) is 58.6 Å². The van der Waals surface area contributed by atoms with Crippen molar-refractivity contribution in [3.05, 3.63) is 0 Å². The molecule has 4 nitrogen and oxygen atoms in total. The summed E-state index contributed by atoms with van der Waals surface area (Å²) in [7, 11) is 0. The van der Waals surface area contributed by atoms with E-state index in [1.54, 1.807) is 0 Å². The third-order valence-electron chi connectivity index (χ3n) is 0.710. The van der Waals surface area contributed by atoms with Crippen LogP contribution in [0.15, 0.2) is 0 Å². The van der Waals surface area contributed by atoms with Crippen LogP contribution >= 0.6 is 0 Å². The minimum atomic E-state index is 0.0289. The molecule has 0 rings (SSSR count). The van der Waals surface area contributed by atoms with Crippen LogP contribution in [-0.4, -0.2) is 37.9 Å². The van der Waals surface area contributed by atoms with Crippen LogP contribution in [-0.2, 0) is 9.53 Å². The molecular formula is C7H17NO3. The molecule has 68 valence electrons. The molecule has 0 aromatic rings. The Balaban J connectivity index is 0. The minimum Gasteiger partial charge on any atom is -0.394 e. The van der Waals surface area contributed by atoms with Crippen molar-refractivity contribution >= 4 is 6.41 Å². The van der Waals surface area contributed by atoms with Gasteiger partial charge in [-0.25, -0.2) is 0 Å². The first-order valence-electron chi connectivity index (χ1n) is 3.77. The molecule has 0 bridgehead atoms. The van der Waals surface area contributed by atoms with E-state index in [9.17, 15) is 4.79 Å². The van der Waals surface area contributed by atoms with E-state index < -0.39 is 0 Å². The first-order chi connectivity index (χ1) is 5.41. The number of aliphatic hydroxyl groups is 1. The number of carbonyl (C=O) groups is 1. The van der Waals surface area contributed by atoms with Crippen molar-refractivity contribution < 1.29 is 14.6 Å². The Hall–Kier alpha value is -0.610. The molecule has 11 heavy (non-hydrogen) atoms. The molecule has 0 aliphatic carbocycles. The van der Waals surface area contributed by atoms with Crippen LogP contribution in [0.4, 0.5) is 0 Å². The summed E-state index contributed by atoms with van der Waals surface area (Å²) < 4.78 is 4.81. The van der Waals surface area contributed by atoms with Crippen LogP contribution in [0.2, 0.25) is 0 Å². The van der Waals surface area contributed by atoms with E-state index in [1.165, 1.54) is 0 Å². The Morgan fingerprint density at radius 1 is 1.45 bits per heavy atom. The lowest BCUT2D eigenvalue weighted by molar-refractivity contribution is -0.109. The lowest BCUT2D eigenvalue weighted by Gasteiger charge is -1.98. The van der Waals surface area contributed by atoms with Crippen molar-refractivity contribution in [2.45, 2.75) is 13.8 Å². The first-order valence-corrected chi connectivity index (χ1v) is 3.77. The quantitative estimate of drug-likeness (QED) is 0.420. The van der Waals surface area contributed by atoms with E-state index in [4.69, 9.17) is 9.84 Å². The molecule has 0 heterocycles. The lowest BCUT2D eigenvalue weighted by atomic mass is 10.7. The van der Waals surface area contributed by atoms with Gasteiger partial charge in [-0.15, -0.1) is 0 Å². The molecule has 0 saturated heterocycles. The van der Waals surface area contributed by atoms with Crippen molar-refractivity contribution in [3.63, 3.8) is 0 Å². The molecule has 0 aromatic heterocycles. The molecule has 0 aromatic carbocycles. The van der Waals surface area contributed by atoms with Crippen LogP contribution in [0.25, 0.3) is 0 Å². The monoisotopic (exact) mass is 163 g/mol. The average molecular weight is 163 g/mol. The Kier molecular flexibility index (Phi) is 19.2. The first kappa shape index (κ1) is 13.0. The molecule has 1 amide bonds. The van der Waals surface area contributed by atoms with Gasteiger partial charge in [-0.1, -0.05) is 13.8 Å². The fourth-order valence-corrected chi connectivity index (χ4v) is 0.357. The fourth-order valence-electron chi connectivity index (χ4n) is 0.357. The molecule has 0 radical (unpaired) electrons. The summed E-state index contributed by atoms with van der Waals surface area (Å²) in [6, 6.07) is 0. The molecule has 0 aliphatic heterocycles. The van der Waals surface area contributed by atoms with Crippen LogP contribution < -0.4 is 5.32 Å². The van der Waals surface area contributed by atoms with Gasteiger partial charge in [0, 0.05) is 6.54 Å². The molecule has 0 spiro atoms. The molecule has 0 saturated carbocycles.